The predicted octanol–water partition coefficient (Wildman–Crippen LogP) is 3.61. The quantitative estimate of drug-likeness (QED) is 0.556. The van der Waals surface area contributed by atoms with Crippen LogP contribution in [-0.4, -0.2) is 39.8 Å². The lowest BCUT2D eigenvalue weighted by atomic mass is 10.1. The minimum Gasteiger partial charge on any atom is -0.486 e. The van der Waals surface area contributed by atoms with Crippen molar-refractivity contribution in [3.8, 4) is 28.6 Å². The molecule has 0 amide bonds. The SMILES string of the molecule is COc1cccc(-c2cccc3c2OC(COS(=O)(=O)c2ccc(C)cc2)CO3)n1. The average molecular weight is 427 g/mol. The number of fused-ring (bicyclic) bond motifs is 1. The van der Waals surface area contributed by atoms with Gasteiger partial charge in [-0.15, -0.1) is 0 Å². The molecule has 1 atom stereocenters. The van der Waals surface area contributed by atoms with Crippen LogP contribution in [0.5, 0.6) is 17.4 Å². The number of benzene rings is 2. The lowest BCUT2D eigenvalue weighted by Gasteiger charge is -2.27. The summed E-state index contributed by atoms with van der Waals surface area (Å²) in [5.41, 5.74) is 2.34. The van der Waals surface area contributed by atoms with E-state index in [1.807, 2.05) is 31.2 Å². The van der Waals surface area contributed by atoms with Crippen LogP contribution in [0.1, 0.15) is 5.56 Å². The number of methoxy groups -OCH3 is 1. The van der Waals surface area contributed by atoms with Gasteiger partial charge in [0, 0.05) is 11.6 Å². The molecule has 7 nitrogen and oxygen atoms in total. The van der Waals surface area contributed by atoms with Crippen molar-refractivity contribution in [2.75, 3.05) is 20.3 Å². The Kier molecular flexibility index (Phi) is 5.61. The van der Waals surface area contributed by atoms with Crippen molar-refractivity contribution in [1.29, 1.82) is 0 Å². The number of aromatic nitrogens is 1. The zero-order valence-corrected chi connectivity index (χ0v) is 17.4. The van der Waals surface area contributed by atoms with Gasteiger partial charge in [0.15, 0.2) is 17.6 Å². The van der Waals surface area contributed by atoms with Crippen molar-refractivity contribution in [3.63, 3.8) is 0 Å². The standard InChI is InChI=1S/C22H21NO6S/c1-15-9-11-17(12-10-15)30(24,25)28-14-16-13-27-20-7-3-5-18(22(20)29-16)19-6-4-8-21(23-19)26-2/h3-12,16H,13-14H2,1-2H3. The molecule has 0 spiro atoms. The van der Waals surface area contributed by atoms with Crippen LogP contribution in [0.15, 0.2) is 65.6 Å². The molecule has 0 radical (unpaired) electrons. The Morgan fingerprint density at radius 2 is 1.83 bits per heavy atom. The first-order valence-corrected chi connectivity index (χ1v) is 10.8. The van der Waals surface area contributed by atoms with E-state index in [0.717, 1.165) is 11.1 Å². The van der Waals surface area contributed by atoms with Gasteiger partial charge in [0.2, 0.25) is 5.88 Å². The van der Waals surface area contributed by atoms with E-state index in [1.165, 1.54) is 12.1 Å². The van der Waals surface area contributed by atoms with Gasteiger partial charge < -0.3 is 14.2 Å². The van der Waals surface area contributed by atoms with E-state index in [1.54, 1.807) is 31.4 Å². The fraction of sp³-hybridized carbons (Fsp3) is 0.227. The molecule has 1 aliphatic heterocycles. The van der Waals surface area contributed by atoms with Gasteiger partial charge in [-0.05, 0) is 37.3 Å². The second kappa shape index (κ2) is 8.33. The van der Waals surface area contributed by atoms with Crippen molar-refractivity contribution < 1.29 is 26.8 Å². The van der Waals surface area contributed by atoms with E-state index in [4.69, 9.17) is 18.4 Å². The van der Waals surface area contributed by atoms with Crippen molar-refractivity contribution in [3.05, 3.63) is 66.2 Å². The molecule has 1 aliphatic rings. The monoisotopic (exact) mass is 427 g/mol. The van der Waals surface area contributed by atoms with E-state index >= 15 is 0 Å². The van der Waals surface area contributed by atoms with Crippen molar-refractivity contribution in [1.82, 2.24) is 4.98 Å². The van der Waals surface area contributed by atoms with Crippen molar-refractivity contribution in [2.45, 2.75) is 17.9 Å². The van der Waals surface area contributed by atoms with Crippen LogP contribution in [0.2, 0.25) is 0 Å². The van der Waals surface area contributed by atoms with Crippen molar-refractivity contribution in [2.24, 2.45) is 0 Å². The highest BCUT2D eigenvalue weighted by molar-refractivity contribution is 7.86. The molecule has 2 aromatic carbocycles. The van der Waals surface area contributed by atoms with Crippen LogP contribution in [-0.2, 0) is 14.3 Å². The molecule has 3 aromatic rings. The molecule has 2 heterocycles. The van der Waals surface area contributed by atoms with Gasteiger partial charge in [0.25, 0.3) is 10.1 Å². The van der Waals surface area contributed by atoms with Gasteiger partial charge in [-0.3, -0.25) is 4.18 Å². The third-order valence-corrected chi connectivity index (χ3v) is 5.91. The number of hydrogen-bond donors (Lipinski definition) is 0. The van der Waals surface area contributed by atoms with E-state index in [9.17, 15) is 8.42 Å². The zero-order valence-electron chi connectivity index (χ0n) is 16.6. The van der Waals surface area contributed by atoms with Crippen LogP contribution < -0.4 is 14.2 Å². The Morgan fingerprint density at radius 3 is 2.60 bits per heavy atom. The number of aryl methyl sites for hydroxylation is 1. The van der Waals surface area contributed by atoms with E-state index in [0.29, 0.717) is 23.1 Å². The van der Waals surface area contributed by atoms with E-state index in [2.05, 4.69) is 4.98 Å². The summed E-state index contributed by atoms with van der Waals surface area (Å²) in [4.78, 5) is 4.54. The topological polar surface area (TPSA) is 84.0 Å². The zero-order chi connectivity index (χ0) is 21.1. The number of hydrogen-bond acceptors (Lipinski definition) is 7. The maximum atomic E-state index is 12.4. The number of para-hydroxylation sites is 1. The molecular formula is C22H21NO6S. The first-order chi connectivity index (χ1) is 14.5. The summed E-state index contributed by atoms with van der Waals surface area (Å²) >= 11 is 0. The number of ether oxygens (including phenoxy) is 3. The first kappa shape index (κ1) is 20.2. The van der Waals surface area contributed by atoms with Gasteiger partial charge in [-0.2, -0.15) is 8.42 Å². The largest absolute Gasteiger partial charge is 0.486 e. The van der Waals surface area contributed by atoms with Gasteiger partial charge >= 0.3 is 0 Å². The highest BCUT2D eigenvalue weighted by Gasteiger charge is 2.27. The van der Waals surface area contributed by atoms with Crippen LogP contribution in [0, 0.1) is 6.92 Å². The fourth-order valence-electron chi connectivity index (χ4n) is 3.04. The summed E-state index contributed by atoms with van der Waals surface area (Å²) in [5.74, 6) is 1.53. The molecule has 0 bridgehead atoms. The third-order valence-electron chi connectivity index (χ3n) is 4.62. The molecular weight excluding hydrogens is 406 g/mol. The highest BCUT2D eigenvalue weighted by Crippen LogP contribution is 2.40. The Balaban J connectivity index is 1.52. The molecule has 1 aromatic heterocycles. The summed E-state index contributed by atoms with van der Waals surface area (Å²) in [7, 11) is -2.34. The molecule has 30 heavy (non-hydrogen) atoms. The molecule has 0 N–H and O–H groups in total. The highest BCUT2D eigenvalue weighted by atomic mass is 32.2. The van der Waals surface area contributed by atoms with Crippen LogP contribution in [0.25, 0.3) is 11.3 Å². The van der Waals surface area contributed by atoms with E-state index in [-0.39, 0.29) is 18.1 Å². The second-order valence-electron chi connectivity index (χ2n) is 6.80. The molecule has 0 saturated heterocycles. The Hall–Kier alpha value is -3.10. The summed E-state index contributed by atoms with van der Waals surface area (Å²) in [5, 5.41) is 0. The molecule has 1 unspecified atom stereocenters. The summed E-state index contributed by atoms with van der Waals surface area (Å²) < 4.78 is 47.1. The molecule has 156 valence electrons. The first-order valence-electron chi connectivity index (χ1n) is 9.36. The maximum absolute atomic E-state index is 12.4. The number of nitrogens with zero attached hydrogens (tertiary/aromatic N) is 1. The normalized spacial score (nSPS) is 15.6. The summed E-state index contributed by atoms with van der Waals surface area (Å²) in [6.45, 7) is 1.89. The minimum absolute atomic E-state index is 0.103. The van der Waals surface area contributed by atoms with E-state index < -0.39 is 16.2 Å². The number of rotatable bonds is 6. The second-order valence-corrected chi connectivity index (χ2v) is 8.42. The summed E-state index contributed by atoms with van der Waals surface area (Å²) in [6.07, 6.45) is -0.593. The van der Waals surface area contributed by atoms with Gasteiger partial charge in [0.1, 0.15) is 13.2 Å². The van der Waals surface area contributed by atoms with Crippen LogP contribution >= 0.6 is 0 Å². The molecule has 4 rings (SSSR count). The van der Waals surface area contributed by atoms with Gasteiger partial charge in [-0.1, -0.05) is 29.8 Å². The molecule has 0 fully saturated rings. The summed E-state index contributed by atoms with van der Waals surface area (Å²) in [6, 6.07) is 17.4. The Morgan fingerprint density at radius 1 is 1.07 bits per heavy atom. The maximum Gasteiger partial charge on any atom is 0.297 e. The van der Waals surface area contributed by atoms with Gasteiger partial charge in [-0.25, -0.2) is 4.98 Å². The Labute approximate surface area is 175 Å². The molecule has 8 heteroatoms. The van der Waals surface area contributed by atoms with Crippen LogP contribution in [0.3, 0.4) is 0 Å². The Bertz CT molecular complexity index is 1140. The smallest absolute Gasteiger partial charge is 0.297 e. The lowest BCUT2D eigenvalue weighted by molar-refractivity contribution is 0.0561. The minimum atomic E-state index is -3.89. The molecule has 0 saturated carbocycles. The number of pyridine rings is 1. The molecule has 0 aliphatic carbocycles. The predicted molar refractivity (Wildman–Crippen MR) is 110 cm³/mol. The fourth-order valence-corrected chi connectivity index (χ4v) is 3.97. The lowest BCUT2D eigenvalue weighted by Crippen LogP contribution is -2.34. The average Bonchev–Trinajstić information content (AvgIpc) is 2.77. The van der Waals surface area contributed by atoms with Crippen LogP contribution in [0.4, 0.5) is 0 Å². The van der Waals surface area contributed by atoms with Gasteiger partial charge in [0.05, 0.1) is 17.7 Å². The van der Waals surface area contributed by atoms with Crippen molar-refractivity contribution >= 4 is 10.1 Å². The third kappa shape index (κ3) is 4.24.